The van der Waals surface area contributed by atoms with Gasteiger partial charge >= 0.3 is 5.97 Å². The molecule has 0 bridgehead atoms. The van der Waals surface area contributed by atoms with E-state index >= 15 is 0 Å². The van der Waals surface area contributed by atoms with Crippen LogP contribution < -0.4 is 4.90 Å². The third-order valence-corrected chi connectivity index (χ3v) is 5.18. The number of nitrogens with zero attached hydrogens (tertiary/aromatic N) is 2. The van der Waals surface area contributed by atoms with E-state index < -0.39 is 12.0 Å². The summed E-state index contributed by atoms with van der Waals surface area (Å²) in [6.45, 7) is 3.03. The van der Waals surface area contributed by atoms with Crippen molar-refractivity contribution in [1.29, 1.82) is 0 Å². The van der Waals surface area contributed by atoms with Crippen molar-refractivity contribution in [2.45, 2.75) is 12.5 Å². The fourth-order valence-electron chi connectivity index (χ4n) is 3.20. The van der Waals surface area contributed by atoms with E-state index in [0.717, 1.165) is 18.7 Å². The van der Waals surface area contributed by atoms with Gasteiger partial charge in [0.05, 0.1) is 0 Å². The lowest BCUT2D eigenvalue weighted by atomic mass is 10.0. The Hall–Kier alpha value is -1.75. The predicted octanol–water partition coefficient (Wildman–Crippen LogP) is 3.81. The van der Waals surface area contributed by atoms with Crippen LogP contribution in [0.25, 0.3) is 0 Å². The molecule has 1 aliphatic heterocycles. The maximum atomic E-state index is 11.8. The SMILES string of the molecule is O=C(O)[C@@H](Cc1ccc(Cl)cc1Cl)N1CCN(c2ccccc2)CC1. The highest BCUT2D eigenvalue weighted by Gasteiger charge is 2.29. The number of carbonyl (C=O) groups is 1. The lowest BCUT2D eigenvalue weighted by Gasteiger charge is -2.39. The molecule has 1 fully saturated rings. The molecule has 1 heterocycles. The maximum absolute atomic E-state index is 11.8. The monoisotopic (exact) mass is 378 g/mol. The Kier molecular flexibility index (Phi) is 5.84. The van der Waals surface area contributed by atoms with Crippen molar-refractivity contribution >= 4 is 34.9 Å². The Labute approximate surface area is 157 Å². The first kappa shape index (κ1) is 18.1. The van der Waals surface area contributed by atoms with Gasteiger partial charge in [0.2, 0.25) is 0 Å². The Morgan fingerprint density at radius 2 is 1.72 bits per heavy atom. The largest absolute Gasteiger partial charge is 0.480 e. The van der Waals surface area contributed by atoms with Gasteiger partial charge in [0.25, 0.3) is 0 Å². The molecule has 132 valence electrons. The number of carboxylic acid groups (broad SMARTS) is 1. The van der Waals surface area contributed by atoms with E-state index in [4.69, 9.17) is 23.2 Å². The van der Waals surface area contributed by atoms with Crippen LogP contribution in [0.1, 0.15) is 5.56 Å². The van der Waals surface area contributed by atoms with Crippen LogP contribution in [0, 0.1) is 0 Å². The lowest BCUT2D eigenvalue weighted by molar-refractivity contribution is -0.143. The second-order valence-electron chi connectivity index (χ2n) is 6.15. The first-order chi connectivity index (χ1) is 12.0. The van der Waals surface area contributed by atoms with E-state index in [1.54, 1.807) is 18.2 Å². The zero-order valence-electron chi connectivity index (χ0n) is 13.7. The highest BCUT2D eigenvalue weighted by Crippen LogP contribution is 2.24. The molecule has 0 radical (unpaired) electrons. The van der Waals surface area contributed by atoms with E-state index in [2.05, 4.69) is 17.0 Å². The molecule has 4 nitrogen and oxygen atoms in total. The summed E-state index contributed by atoms with van der Waals surface area (Å²) in [5.41, 5.74) is 1.98. The van der Waals surface area contributed by atoms with Crippen molar-refractivity contribution in [3.63, 3.8) is 0 Å². The number of rotatable bonds is 5. The quantitative estimate of drug-likeness (QED) is 0.858. The molecule has 25 heavy (non-hydrogen) atoms. The molecular weight excluding hydrogens is 359 g/mol. The van der Waals surface area contributed by atoms with Crippen LogP contribution in [-0.2, 0) is 11.2 Å². The summed E-state index contributed by atoms with van der Waals surface area (Å²) in [6.07, 6.45) is 0.372. The van der Waals surface area contributed by atoms with Crippen molar-refractivity contribution in [2.75, 3.05) is 31.1 Å². The minimum absolute atomic E-state index is 0.372. The van der Waals surface area contributed by atoms with Crippen molar-refractivity contribution in [3.05, 3.63) is 64.1 Å². The van der Waals surface area contributed by atoms with Crippen LogP contribution in [0.5, 0.6) is 0 Å². The van der Waals surface area contributed by atoms with E-state index in [0.29, 0.717) is 29.6 Å². The number of carboxylic acids is 1. The summed E-state index contributed by atoms with van der Waals surface area (Å²) in [5, 5.41) is 10.8. The summed E-state index contributed by atoms with van der Waals surface area (Å²) in [7, 11) is 0. The first-order valence-electron chi connectivity index (χ1n) is 8.25. The van der Waals surface area contributed by atoms with E-state index in [1.807, 2.05) is 23.1 Å². The van der Waals surface area contributed by atoms with E-state index in [-0.39, 0.29) is 0 Å². The van der Waals surface area contributed by atoms with Gasteiger partial charge in [-0.3, -0.25) is 9.69 Å². The van der Waals surface area contributed by atoms with Crippen LogP contribution >= 0.6 is 23.2 Å². The molecule has 0 aliphatic carbocycles. The molecule has 1 saturated heterocycles. The molecule has 6 heteroatoms. The van der Waals surface area contributed by atoms with Gasteiger partial charge in [-0.2, -0.15) is 0 Å². The van der Waals surface area contributed by atoms with Crippen molar-refractivity contribution < 1.29 is 9.90 Å². The van der Waals surface area contributed by atoms with Gasteiger partial charge in [0.1, 0.15) is 6.04 Å². The van der Waals surface area contributed by atoms with E-state index in [9.17, 15) is 9.90 Å². The fraction of sp³-hybridized carbons (Fsp3) is 0.316. The third-order valence-electron chi connectivity index (χ3n) is 4.59. The Morgan fingerprint density at radius 3 is 2.32 bits per heavy atom. The minimum atomic E-state index is -0.820. The number of hydrogen-bond acceptors (Lipinski definition) is 3. The van der Waals surface area contributed by atoms with Crippen LogP contribution in [-0.4, -0.2) is 48.2 Å². The molecule has 0 unspecified atom stereocenters. The fourth-order valence-corrected chi connectivity index (χ4v) is 3.68. The van der Waals surface area contributed by atoms with Gasteiger partial charge in [-0.15, -0.1) is 0 Å². The molecule has 3 rings (SSSR count). The molecule has 0 spiro atoms. The number of halogens is 2. The summed E-state index contributed by atoms with van der Waals surface area (Å²) in [5.74, 6) is -0.820. The van der Waals surface area contributed by atoms with Crippen LogP contribution in [0.15, 0.2) is 48.5 Å². The molecule has 0 aromatic heterocycles. The van der Waals surface area contributed by atoms with Crippen LogP contribution in [0.2, 0.25) is 10.0 Å². The highest BCUT2D eigenvalue weighted by atomic mass is 35.5. The van der Waals surface area contributed by atoms with Crippen molar-refractivity contribution in [1.82, 2.24) is 4.90 Å². The zero-order chi connectivity index (χ0) is 17.8. The summed E-state index contributed by atoms with van der Waals surface area (Å²) < 4.78 is 0. The standard InChI is InChI=1S/C19H20Cl2N2O2/c20-15-7-6-14(17(21)13-15)12-18(19(24)25)23-10-8-22(9-11-23)16-4-2-1-3-5-16/h1-7,13,18H,8-12H2,(H,24,25)/t18-/m1/s1. The summed E-state index contributed by atoms with van der Waals surface area (Å²) in [6, 6.07) is 14.8. The van der Waals surface area contributed by atoms with Gasteiger partial charge in [-0.05, 0) is 29.8 Å². The topological polar surface area (TPSA) is 43.8 Å². The second-order valence-corrected chi connectivity index (χ2v) is 7.00. The van der Waals surface area contributed by atoms with Gasteiger partial charge in [0.15, 0.2) is 0 Å². The van der Waals surface area contributed by atoms with Gasteiger partial charge in [0, 0.05) is 48.3 Å². The highest BCUT2D eigenvalue weighted by molar-refractivity contribution is 6.35. The zero-order valence-corrected chi connectivity index (χ0v) is 15.2. The Balaban J connectivity index is 1.67. The minimum Gasteiger partial charge on any atom is -0.480 e. The maximum Gasteiger partial charge on any atom is 0.321 e. The Morgan fingerprint density at radius 1 is 1.04 bits per heavy atom. The molecular formula is C19H20Cl2N2O2. The van der Waals surface area contributed by atoms with Gasteiger partial charge < -0.3 is 10.0 Å². The molecule has 1 atom stereocenters. The average molecular weight is 379 g/mol. The third kappa shape index (κ3) is 4.46. The van der Waals surface area contributed by atoms with Crippen molar-refractivity contribution in [3.8, 4) is 0 Å². The lowest BCUT2D eigenvalue weighted by Crippen LogP contribution is -2.53. The predicted molar refractivity (Wildman–Crippen MR) is 102 cm³/mol. The number of hydrogen-bond donors (Lipinski definition) is 1. The van der Waals surface area contributed by atoms with Crippen molar-refractivity contribution in [2.24, 2.45) is 0 Å². The summed E-state index contributed by atoms with van der Waals surface area (Å²) >= 11 is 12.1. The second kappa shape index (κ2) is 8.09. The van der Waals surface area contributed by atoms with Crippen LogP contribution in [0.3, 0.4) is 0 Å². The molecule has 2 aromatic carbocycles. The molecule has 2 aromatic rings. The normalized spacial score (nSPS) is 16.6. The van der Waals surface area contributed by atoms with Gasteiger partial charge in [-0.1, -0.05) is 47.5 Å². The number of para-hydroxylation sites is 1. The molecule has 0 saturated carbocycles. The Bertz CT molecular complexity index is 731. The molecule has 0 amide bonds. The first-order valence-corrected chi connectivity index (χ1v) is 9.01. The van der Waals surface area contributed by atoms with Crippen LogP contribution in [0.4, 0.5) is 5.69 Å². The van der Waals surface area contributed by atoms with E-state index in [1.165, 1.54) is 5.69 Å². The average Bonchev–Trinajstić information content (AvgIpc) is 2.62. The molecule has 1 aliphatic rings. The summed E-state index contributed by atoms with van der Waals surface area (Å²) in [4.78, 5) is 16.1. The number of piperazine rings is 1. The van der Waals surface area contributed by atoms with Gasteiger partial charge in [-0.25, -0.2) is 0 Å². The number of benzene rings is 2. The molecule has 1 N–H and O–H groups in total. The number of anilines is 1. The number of aliphatic carboxylic acids is 1. The smallest absolute Gasteiger partial charge is 0.321 e.